The summed E-state index contributed by atoms with van der Waals surface area (Å²) in [6.45, 7) is 5.36. The average molecular weight is 798 g/mol. The quantitative estimate of drug-likeness (QED) is 0.0200. The molecule has 0 aromatic carbocycles. The maximum Gasteiger partial charge on any atom is 0.306 e. The van der Waals surface area contributed by atoms with Gasteiger partial charge in [-0.2, -0.15) is 0 Å². The zero-order valence-corrected chi connectivity index (χ0v) is 37.5. The Balaban J connectivity index is 4.18. The maximum atomic E-state index is 12.7. The Morgan fingerprint density at radius 2 is 1.02 bits per heavy atom. The van der Waals surface area contributed by atoms with Crippen LogP contribution < -0.4 is 4.89 Å². The molecule has 2 unspecified atom stereocenters. The van der Waals surface area contributed by atoms with Gasteiger partial charge in [0.05, 0.1) is 34.4 Å². The molecule has 0 aromatic heterocycles. The van der Waals surface area contributed by atoms with Crippen molar-refractivity contribution in [3.8, 4) is 0 Å². The van der Waals surface area contributed by atoms with Gasteiger partial charge in [0.25, 0.3) is 7.82 Å². The van der Waals surface area contributed by atoms with E-state index < -0.39 is 13.9 Å². The number of nitrogens with zero attached hydrogens (tertiary/aromatic N) is 1. The van der Waals surface area contributed by atoms with E-state index in [0.29, 0.717) is 24.1 Å². The fraction of sp³-hybridized carbons (Fsp3) is 0.848. The summed E-state index contributed by atoms with van der Waals surface area (Å²) in [6.07, 6.45) is 45.8. The van der Waals surface area contributed by atoms with Crippen LogP contribution in [0.4, 0.5) is 0 Å². The molecule has 0 aliphatic heterocycles. The van der Waals surface area contributed by atoms with Crippen LogP contribution in [0.5, 0.6) is 0 Å². The number of hydrogen-bond acceptors (Lipinski definition) is 7. The number of phosphoric ester groups is 1. The van der Waals surface area contributed by atoms with Gasteiger partial charge in [-0.05, 0) is 64.2 Å². The first-order valence-electron chi connectivity index (χ1n) is 22.7. The number of likely N-dealkylation sites (N-methyl/N-ethyl adjacent to an activating group) is 1. The Bertz CT molecular complexity index is 978. The van der Waals surface area contributed by atoms with Crippen LogP contribution in [-0.2, 0) is 27.9 Å². The van der Waals surface area contributed by atoms with Crippen molar-refractivity contribution in [2.24, 2.45) is 0 Å². The minimum atomic E-state index is -4.52. The third kappa shape index (κ3) is 43.7. The zero-order chi connectivity index (χ0) is 40.6. The van der Waals surface area contributed by atoms with E-state index in [2.05, 4.69) is 50.3 Å². The molecule has 55 heavy (non-hydrogen) atoms. The van der Waals surface area contributed by atoms with Crippen molar-refractivity contribution in [1.29, 1.82) is 0 Å². The molecule has 9 heteroatoms. The van der Waals surface area contributed by atoms with E-state index in [0.717, 1.165) is 38.5 Å². The summed E-state index contributed by atoms with van der Waals surface area (Å²) in [7, 11) is 1.35. The lowest BCUT2D eigenvalue weighted by molar-refractivity contribution is -0.870. The molecule has 2 atom stereocenters. The number of esters is 1. The molecular formula is C46H88NO7P. The molecule has 0 amide bonds. The number of phosphoric acid groups is 1. The smallest absolute Gasteiger partial charge is 0.306 e. The number of ether oxygens (including phenoxy) is 2. The molecule has 0 bridgehead atoms. The predicted molar refractivity (Wildman–Crippen MR) is 231 cm³/mol. The molecule has 8 nitrogen and oxygen atoms in total. The molecule has 324 valence electrons. The number of allylic oxidation sites excluding steroid dienone is 6. The molecule has 0 radical (unpaired) electrons. The summed E-state index contributed by atoms with van der Waals surface area (Å²) in [6, 6.07) is 0. The Labute approximate surface area is 340 Å². The van der Waals surface area contributed by atoms with Gasteiger partial charge in [-0.1, -0.05) is 159 Å². The first-order valence-corrected chi connectivity index (χ1v) is 24.2. The fourth-order valence-electron chi connectivity index (χ4n) is 6.09. The topological polar surface area (TPSA) is 94.1 Å². The highest BCUT2D eigenvalue weighted by atomic mass is 31.2. The van der Waals surface area contributed by atoms with Crippen LogP contribution in [0.15, 0.2) is 36.5 Å². The molecule has 0 aliphatic carbocycles. The molecule has 0 aliphatic rings. The van der Waals surface area contributed by atoms with Gasteiger partial charge in [-0.15, -0.1) is 0 Å². The maximum absolute atomic E-state index is 12.7. The number of quaternary nitrogens is 1. The van der Waals surface area contributed by atoms with Crippen molar-refractivity contribution in [2.75, 3.05) is 54.1 Å². The van der Waals surface area contributed by atoms with Crippen LogP contribution >= 0.6 is 7.82 Å². The molecule has 0 fully saturated rings. The molecule has 0 N–H and O–H groups in total. The summed E-state index contributed by atoms with van der Waals surface area (Å²) >= 11 is 0. The van der Waals surface area contributed by atoms with Crippen LogP contribution in [0.25, 0.3) is 0 Å². The second-order valence-electron chi connectivity index (χ2n) is 16.4. The highest BCUT2D eigenvalue weighted by Gasteiger charge is 2.20. The van der Waals surface area contributed by atoms with Crippen LogP contribution in [-0.4, -0.2) is 70.7 Å². The molecular weight excluding hydrogens is 709 g/mol. The first kappa shape index (κ1) is 53.7. The Kier molecular flexibility index (Phi) is 38.6. The SMILES string of the molecule is CCCC/C=C\CCCCCCCCOCC(COP(=O)([O-])OCC[N+](C)(C)C)OC(=O)CCCCCCCCCCC/C=C\C/C=C\CCCCCCC. The van der Waals surface area contributed by atoms with Crippen molar-refractivity contribution in [3.05, 3.63) is 36.5 Å². The summed E-state index contributed by atoms with van der Waals surface area (Å²) in [5, 5.41) is 0. The summed E-state index contributed by atoms with van der Waals surface area (Å²) in [5.41, 5.74) is 0. The average Bonchev–Trinajstić information content (AvgIpc) is 3.13. The van der Waals surface area contributed by atoms with Gasteiger partial charge in [0.1, 0.15) is 19.3 Å². The fourth-order valence-corrected chi connectivity index (χ4v) is 6.82. The number of unbranched alkanes of at least 4 members (excludes halogenated alkanes) is 22. The van der Waals surface area contributed by atoms with E-state index in [4.69, 9.17) is 18.5 Å². The van der Waals surface area contributed by atoms with Gasteiger partial charge in [-0.25, -0.2) is 0 Å². The van der Waals surface area contributed by atoms with E-state index >= 15 is 0 Å². The normalized spacial score (nSPS) is 14.1. The van der Waals surface area contributed by atoms with E-state index in [9.17, 15) is 14.3 Å². The van der Waals surface area contributed by atoms with Crippen molar-refractivity contribution in [1.82, 2.24) is 0 Å². The zero-order valence-electron chi connectivity index (χ0n) is 36.6. The molecule has 0 aromatic rings. The Morgan fingerprint density at radius 3 is 1.55 bits per heavy atom. The van der Waals surface area contributed by atoms with Gasteiger partial charge in [0.15, 0.2) is 0 Å². The van der Waals surface area contributed by atoms with Crippen molar-refractivity contribution in [2.45, 2.75) is 200 Å². The van der Waals surface area contributed by atoms with Crippen molar-refractivity contribution in [3.63, 3.8) is 0 Å². The molecule has 0 rings (SSSR count). The van der Waals surface area contributed by atoms with Gasteiger partial charge in [0, 0.05) is 13.0 Å². The minimum Gasteiger partial charge on any atom is -0.756 e. The highest BCUT2D eigenvalue weighted by molar-refractivity contribution is 7.45. The number of carbonyl (C=O) groups excluding carboxylic acids is 1. The lowest BCUT2D eigenvalue weighted by atomic mass is 10.1. The minimum absolute atomic E-state index is 0.0239. The Hall–Kier alpha value is -1.28. The second kappa shape index (κ2) is 39.5. The number of hydrogen-bond donors (Lipinski definition) is 0. The Morgan fingerprint density at radius 1 is 0.564 bits per heavy atom. The lowest BCUT2D eigenvalue weighted by Gasteiger charge is -2.28. The van der Waals surface area contributed by atoms with Gasteiger partial charge >= 0.3 is 5.97 Å². The monoisotopic (exact) mass is 798 g/mol. The highest BCUT2D eigenvalue weighted by Crippen LogP contribution is 2.38. The van der Waals surface area contributed by atoms with Crippen LogP contribution in [0.1, 0.15) is 194 Å². The van der Waals surface area contributed by atoms with E-state index in [1.165, 1.54) is 135 Å². The van der Waals surface area contributed by atoms with E-state index in [-0.39, 0.29) is 25.8 Å². The largest absolute Gasteiger partial charge is 0.756 e. The molecule has 0 heterocycles. The van der Waals surface area contributed by atoms with Crippen LogP contribution in [0, 0.1) is 0 Å². The summed E-state index contributed by atoms with van der Waals surface area (Å²) < 4.78 is 34.6. The van der Waals surface area contributed by atoms with Gasteiger partial charge in [0.2, 0.25) is 0 Å². The van der Waals surface area contributed by atoms with Crippen molar-refractivity contribution >= 4 is 13.8 Å². The second-order valence-corrected chi connectivity index (χ2v) is 17.8. The standard InChI is InChI=1S/C46H88NO7P/c1-6-8-10-12-14-16-18-20-21-22-23-24-25-26-27-28-29-31-33-35-37-39-46(48)54-45(44-53-55(49,50)52-42-40-47(3,4)5)43-51-41-38-36-34-32-30-19-17-15-13-11-9-7-2/h13,15,18,20,22-23,45H,6-12,14,16-17,19,21,24-44H2,1-5H3/b15-13-,20-18-,23-22-. The van der Waals surface area contributed by atoms with Gasteiger partial charge < -0.3 is 27.9 Å². The molecule has 0 saturated heterocycles. The predicted octanol–water partition coefficient (Wildman–Crippen LogP) is 12.8. The summed E-state index contributed by atoms with van der Waals surface area (Å²) in [4.78, 5) is 25.1. The molecule has 0 spiro atoms. The van der Waals surface area contributed by atoms with Crippen molar-refractivity contribution < 1.29 is 37.3 Å². The first-order chi connectivity index (χ1) is 26.6. The third-order valence-electron chi connectivity index (χ3n) is 9.66. The number of rotatable bonds is 42. The third-order valence-corrected chi connectivity index (χ3v) is 10.6. The summed E-state index contributed by atoms with van der Waals surface area (Å²) in [5.74, 6) is -0.341. The number of carbonyl (C=O) groups is 1. The van der Waals surface area contributed by atoms with E-state index in [1.807, 2.05) is 21.1 Å². The van der Waals surface area contributed by atoms with Gasteiger partial charge in [-0.3, -0.25) is 9.36 Å². The molecule has 0 saturated carbocycles. The van der Waals surface area contributed by atoms with E-state index in [1.54, 1.807) is 0 Å². The van der Waals surface area contributed by atoms with Crippen LogP contribution in [0.2, 0.25) is 0 Å². The lowest BCUT2D eigenvalue weighted by Crippen LogP contribution is -2.37. The van der Waals surface area contributed by atoms with Crippen LogP contribution in [0.3, 0.4) is 0 Å².